The fourth-order valence-electron chi connectivity index (χ4n) is 3.12. The summed E-state index contributed by atoms with van der Waals surface area (Å²) in [5.41, 5.74) is 5.62. The average Bonchev–Trinajstić information content (AvgIpc) is 3.30. The average molecular weight is 304 g/mol. The monoisotopic (exact) mass is 304 g/mol. The fraction of sp³-hybridized carbons (Fsp3) is 0.263. The molecule has 23 heavy (non-hydrogen) atoms. The third-order valence-electron chi connectivity index (χ3n) is 4.42. The second-order valence-electron chi connectivity index (χ2n) is 6.08. The predicted octanol–water partition coefficient (Wildman–Crippen LogP) is 3.73. The molecule has 0 spiro atoms. The Morgan fingerprint density at radius 1 is 0.913 bits per heavy atom. The highest BCUT2D eigenvalue weighted by Gasteiger charge is 2.11. The van der Waals surface area contributed by atoms with E-state index in [0.717, 1.165) is 29.1 Å². The van der Waals surface area contributed by atoms with Crippen molar-refractivity contribution in [3.63, 3.8) is 0 Å². The molecule has 1 aromatic carbocycles. The minimum Gasteiger partial charge on any atom is -0.299 e. The topological polar surface area (TPSA) is 44.8 Å². The van der Waals surface area contributed by atoms with Crippen LogP contribution in [0.3, 0.4) is 0 Å². The smallest absolute Gasteiger partial charge is 0.0702 e. The van der Waals surface area contributed by atoms with Crippen molar-refractivity contribution in [3.8, 4) is 22.5 Å². The lowest BCUT2D eigenvalue weighted by atomic mass is 10.1. The molecule has 4 nitrogen and oxygen atoms in total. The Bertz CT molecular complexity index is 739. The van der Waals surface area contributed by atoms with Gasteiger partial charge in [-0.3, -0.25) is 15.0 Å². The van der Waals surface area contributed by atoms with E-state index in [4.69, 9.17) is 0 Å². The first-order chi connectivity index (χ1) is 11.4. The summed E-state index contributed by atoms with van der Waals surface area (Å²) in [6.45, 7) is 3.46. The maximum Gasteiger partial charge on any atom is 0.0702 e. The van der Waals surface area contributed by atoms with Gasteiger partial charge in [0.2, 0.25) is 0 Å². The zero-order chi connectivity index (χ0) is 15.5. The zero-order valence-corrected chi connectivity index (χ0v) is 13.1. The molecule has 4 rings (SSSR count). The van der Waals surface area contributed by atoms with Crippen molar-refractivity contribution in [1.29, 1.82) is 0 Å². The van der Waals surface area contributed by atoms with E-state index >= 15 is 0 Å². The molecule has 0 atom stereocenters. The first-order valence-electron chi connectivity index (χ1n) is 8.16. The number of rotatable bonds is 4. The van der Waals surface area contributed by atoms with Crippen LogP contribution in [-0.4, -0.2) is 33.2 Å². The Morgan fingerprint density at radius 2 is 1.70 bits per heavy atom. The number of pyridine rings is 1. The number of nitrogens with zero attached hydrogens (tertiary/aromatic N) is 3. The minimum absolute atomic E-state index is 1.02. The van der Waals surface area contributed by atoms with E-state index in [0.29, 0.717) is 0 Å². The van der Waals surface area contributed by atoms with Crippen molar-refractivity contribution >= 4 is 0 Å². The third kappa shape index (κ3) is 3.17. The molecule has 4 heteroatoms. The SMILES string of the molecule is c1cc(-c2ccc(-c3ccc(CN4CCCC4)cn3)cc2)[nH]n1. The van der Waals surface area contributed by atoms with E-state index in [9.17, 15) is 0 Å². The van der Waals surface area contributed by atoms with Crippen molar-refractivity contribution in [2.45, 2.75) is 19.4 Å². The summed E-state index contributed by atoms with van der Waals surface area (Å²) >= 11 is 0. The van der Waals surface area contributed by atoms with E-state index in [1.807, 2.05) is 12.3 Å². The van der Waals surface area contributed by atoms with Crippen molar-refractivity contribution < 1.29 is 0 Å². The number of benzene rings is 1. The van der Waals surface area contributed by atoms with Crippen LogP contribution in [0.25, 0.3) is 22.5 Å². The number of nitrogens with one attached hydrogen (secondary N) is 1. The van der Waals surface area contributed by atoms with E-state index in [2.05, 4.69) is 56.5 Å². The highest BCUT2D eigenvalue weighted by Crippen LogP contribution is 2.23. The van der Waals surface area contributed by atoms with Crippen LogP contribution in [0.1, 0.15) is 18.4 Å². The van der Waals surface area contributed by atoms with Gasteiger partial charge in [0.05, 0.1) is 11.4 Å². The Labute approximate surface area is 136 Å². The van der Waals surface area contributed by atoms with Gasteiger partial charge in [-0.05, 0) is 49.2 Å². The fourth-order valence-corrected chi connectivity index (χ4v) is 3.12. The summed E-state index contributed by atoms with van der Waals surface area (Å²) in [5.74, 6) is 0. The van der Waals surface area contributed by atoms with Crippen molar-refractivity contribution in [1.82, 2.24) is 20.1 Å². The van der Waals surface area contributed by atoms with Crippen LogP contribution in [0.4, 0.5) is 0 Å². The van der Waals surface area contributed by atoms with Gasteiger partial charge in [0, 0.05) is 24.5 Å². The summed E-state index contributed by atoms with van der Waals surface area (Å²) in [7, 11) is 0. The molecule has 0 bridgehead atoms. The molecule has 3 heterocycles. The third-order valence-corrected chi connectivity index (χ3v) is 4.42. The summed E-state index contributed by atoms with van der Waals surface area (Å²) in [5, 5.41) is 6.97. The Hall–Kier alpha value is -2.46. The molecule has 1 N–H and O–H groups in total. The van der Waals surface area contributed by atoms with Gasteiger partial charge >= 0.3 is 0 Å². The van der Waals surface area contributed by atoms with Gasteiger partial charge in [-0.25, -0.2) is 0 Å². The van der Waals surface area contributed by atoms with Crippen LogP contribution >= 0.6 is 0 Å². The molecular formula is C19H20N4. The predicted molar refractivity (Wildman–Crippen MR) is 91.8 cm³/mol. The summed E-state index contributed by atoms with van der Waals surface area (Å²) in [6.07, 6.45) is 6.43. The first kappa shape index (κ1) is 14.2. The van der Waals surface area contributed by atoms with Crippen LogP contribution in [0, 0.1) is 0 Å². The van der Waals surface area contributed by atoms with Crippen molar-refractivity contribution in [2.24, 2.45) is 0 Å². The normalized spacial score (nSPS) is 15.1. The maximum absolute atomic E-state index is 4.64. The van der Waals surface area contributed by atoms with Gasteiger partial charge in [0.25, 0.3) is 0 Å². The molecule has 0 aliphatic carbocycles. The van der Waals surface area contributed by atoms with Crippen LogP contribution in [0.5, 0.6) is 0 Å². The second-order valence-corrected chi connectivity index (χ2v) is 6.08. The molecule has 3 aromatic rings. The van der Waals surface area contributed by atoms with Gasteiger partial charge in [0.1, 0.15) is 0 Å². The minimum atomic E-state index is 1.02. The summed E-state index contributed by atoms with van der Waals surface area (Å²) < 4.78 is 0. The van der Waals surface area contributed by atoms with Gasteiger partial charge in [-0.1, -0.05) is 30.3 Å². The Balaban J connectivity index is 1.49. The van der Waals surface area contributed by atoms with E-state index in [-0.39, 0.29) is 0 Å². The number of hydrogen-bond acceptors (Lipinski definition) is 3. The van der Waals surface area contributed by atoms with Crippen molar-refractivity contribution in [3.05, 3.63) is 60.4 Å². The van der Waals surface area contributed by atoms with Gasteiger partial charge in [0.15, 0.2) is 0 Å². The zero-order valence-electron chi connectivity index (χ0n) is 13.1. The molecule has 1 fully saturated rings. The second kappa shape index (κ2) is 6.34. The summed E-state index contributed by atoms with van der Waals surface area (Å²) in [6, 6.07) is 14.7. The quantitative estimate of drug-likeness (QED) is 0.798. The summed E-state index contributed by atoms with van der Waals surface area (Å²) in [4.78, 5) is 7.13. The Morgan fingerprint density at radius 3 is 2.35 bits per heavy atom. The highest BCUT2D eigenvalue weighted by molar-refractivity contribution is 5.66. The van der Waals surface area contributed by atoms with Crippen molar-refractivity contribution in [2.75, 3.05) is 13.1 Å². The number of aromatic nitrogens is 3. The number of aromatic amines is 1. The maximum atomic E-state index is 4.64. The number of H-pyrrole nitrogens is 1. The first-order valence-corrected chi connectivity index (χ1v) is 8.16. The standard InChI is InChI=1S/C19H20N4/c1-2-12-23(11-1)14-15-3-8-18(20-13-15)16-4-6-17(7-5-16)19-9-10-21-22-19/h3-10,13H,1-2,11-12,14H2,(H,21,22). The lowest BCUT2D eigenvalue weighted by Gasteiger charge is -2.14. The lowest BCUT2D eigenvalue weighted by molar-refractivity contribution is 0.331. The molecular weight excluding hydrogens is 284 g/mol. The molecule has 0 amide bonds. The van der Waals surface area contributed by atoms with E-state index in [1.165, 1.54) is 31.5 Å². The van der Waals surface area contributed by atoms with Crippen LogP contribution in [-0.2, 0) is 6.54 Å². The molecule has 0 radical (unpaired) electrons. The number of likely N-dealkylation sites (tertiary alicyclic amines) is 1. The number of hydrogen-bond donors (Lipinski definition) is 1. The van der Waals surface area contributed by atoms with Gasteiger partial charge in [-0.2, -0.15) is 5.10 Å². The van der Waals surface area contributed by atoms with Crippen LogP contribution < -0.4 is 0 Å². The van der Waals surface area contributed by atoms with E-state index < -0.39 is 0 Å². The van der Waals surface area contributed by atoms with Gasteiger partial charge < -0.3 is 0 Å². The molecule has 0 saturated carbocycles. The van der Waals surface area contributed by atoms with Gasteiger partial charge in [-0.15, -0.1) is 0 Å². The van der Waals surface area contributed by atoms with Crippen LogP contribution in [0.2, 0.25) is 0 Å². The molecule has 0 unspecified atom stereocenters. The Kier molecular flexibility index (Phi) is 3.90. The lowest BCUT2D eigenvalue weighted by Crippen LogP contribution is -2.18. The molecule has 1 saturated heterocycles. The molecule has 1 aliphatic heterocycles. The van der Waals surface area contributed by atoms with Crippen LogP contribution in [0.15, 0.2) is 54.9 Å². The molecule has 116 valence electrons. The van der Waals surface area contributed by atoms with E-state index in [1.54, 1.807) is 6.20 Å². The molecule has 1 aliphatic rings. The largest absolute Gasteiger partial charge is 0.299 e. The highest BCUT2D eigenvalue weighted by atomic mass is 15.1. The molecule has 2 aromatic heterocycles.